The summed E-state index contributed by atoms with van der Waals surface area (Å²) in [6.45, 7) is 8.90. The van der Waals surface area contributed by atoms with Crippen molar-refractivity contribution in [3.63, 3.8) is 0 Å². The minimum absolute atomic E-state index is 0.852. The van der Waals surface area contributed by atoms with Gasteiger partial charge in [-0.15, -0.1) is 0 Å². The fourth-order valence-electron chi connectivity index (χ4n) is 4.56. The number of aromatic nitrogens is 1. The molecule has 1 saturated heterocycles. The Hall–Kier alpha value is -2.39. The van der Waals surface area contributed by atoms with Crippen molar-refractivity contribution < 1.29 is 0 Å². The van der Waals surface area contributed by atoms with Crippen LogP contribution in [0.3, 0.4) is 0 Å². The van der Waals surface area contributed by atoms with Gasteiger partial charge in [0.1, 0.15) is 0 Å². The molecule has 3 rings (SSSR count). The van der Waals surface area contributed by atoms with Crippen LogP contribution in [0.1, 0.15) is 87.2 Å². The fourth-order valence-corrected chi connectivity index (χ4v) is 4.56. The minimum atomic E-state index is 0.852. The normalized spacial score (nSPS) is 14.8. The molecule has 2 heterocycles. The summed E-state index contributed by atoms with van der Waals surface area (Å²) in [5, 5.41) is 3.45. The molecule has 1 aromatic carbocycles. The molecule has 3 heteroatoms. The summed E-state index contributed by atoms with van der Waals surface area (Å²) in [6, 6.07) is 15.3. The van der Waals surface area contributed by atoms with Crippen molar-refractivity contribution in [3.05, 3.63) is 83.3 Å². The number of aryl methyl sites for hydroxylation is 1. The van der Waals surface area contributed by atoms with E-state index in [2.05, 4.69) is 84.9 Å². The first-order chi connectivity index (χ1) is 16.8. The first-order valence-corrected chi connectivity index (χ1v) is 13.6. The summed E-state index contributed by atoms with van der Waals surface area (Å²) in [5.41, 5.74) is 5.98. The molecule has 0 unspecified atom stereocenters. The number of pyridine rings is 1. The second kappa shape index (κ2) is 15.5. The number of nitrogens with zero attached hydrogens (tertiary/aromatic N) is 2. The van der Waals surface area contributed by atoms with Gasteiger partial charge in [-0.3, -0.25) is 9.88 Å². The second-order valence-electron chi connectivity index (χ2n) is 9.69. The Morgan fingerprint density at radius 3 is 2.44 bits per heavy atom. The van der Waals surface area contributed by atoms with E-state index in [4.69, 9.17) is 4.98 Å². The minimum Gasteiger partial charge on any atom is -0.391 e. The van der Waals surface area contributed by atoms with E-state index in [1.165, 1.54) is 87.6 Å². The van der Waals surface area contributed by atoms with Gasteiger partial charge >= 0.3 is 0 Å². The zero-order valence-electron chi connectivity index (χ0n) is 21.6. The molecular formula is C31H45N3. The van der Waals surface area contributed by atoms with Gasteiger partial charge in [-0.25, -0.2) is 0 Å². The van der Waals surface area contributed by atoms with Crippen LogP contribution in [-0.2, 0) is 6.42 Å². The highest BCUT2D eigenvalue weighted by atomic mass is 15.1. The molecule has 1 aliphatic heterocycles. The fraction of sp³-hybridized carbons (Fsp3) is 0.516. The molecule has 1 aliphatic rings. The summed E-state index contributed by atoms with van der Waals surface area (Å²) in [5.74, 6) is 0. The Bertz CT molecular complexity index is 876. The number of likely N-dealkylation sites (tertiary alicyclic amines) is 1. The number of unbranched alkanes of at least 4 members (excludes halogenated alkanes) is 6. The molecule has 1 N–H and O–H groups in total. The third kappa shape index (κ3) is 9.46. The average Bonchev–Trinajstić information content (AvgIpc) is 3.38. The van der Waals surface area contributed by atoms with E-state index in [0.717, 1.165) is 30.9 Å². The van der Waals surface area contributed by atoms with Crippen LogP contribution in [0.5, 0.6) is 0 Å². The average molecular weight is 460 g/mol. The lowest BCUT2D eigenvalue weighted by molar-refractivity contribution is 0.377. The van der Waals surface area contributed by atoms with E-state index in [1.54, 1.807) is 0 Å². The molecule has 1 aromatic heterocycles. The molecule has 2 aromatic rings. The summed E-state index contributed by atoms with van der Waals surface area (Å²) < 4.78 is 0. The van der Waals surface area contributed by atoms with Crippen LogP contribution >= 0.6 is 0 Å². The van der Waals surface area contributed by atoms with Crippen LogP contribution in [0, 0.1) is 6.92 Å². The van der Waals surface area contributed by atoms with Crippen molar-refractivity contribution in [2.75, 3.05) is 26.2 Å². The van der Waals surface area contributed by atoms with Crippen LogP contribution in [0.15, 0.2) is 60.8 Å². The topological polar surface area (TPSA) is 28.2 Å². The molecule has 0 bridgehead atoms. The standard InChI is InChI=1S/C31H45N3/c1-3-4-5-6-7-8-9-22-32-23-13-15-29-14-12-16-31(33-29)30(21-26-34-24-10-11-25-34)28-19-17-27(2)18-20-28/h12-14,16-21,23,32H,3-11,15,22,24-26H2,1-2H3. The van der Waals surface area contributed by atoms with Crippen molar-refractivity contribution in [1.29, 1.82) is 0 Å². The van der Waals surface area contributed by atoms with Crippen LogP contribution in [0.4, 0.5) is 0 Å². The zero-order chi connectivity index (χ0) is 23.8. The molecule has 3 nitrogen and oxygen atoms in total. The molecule has 0 spiro atoms. The molecular weight excluding hydrogens is 414 g/mol. The number of nitrogens with one attached hydrogen (secondary N) is 1. The Morgan fingerprint density at radius 1 is 0.941 bits per heavy atom. The quantitative estimate of drug-likeness (QED) is 0.283. The summed E-state index contributed by atoms with van der Waals surface area (Å²) in [7, 11) is 0. The van der Waals surface area contributed by atoms with Crippen molar-refractivity contribution >= 4 is 5.57 Å². The third-order valence-electron chi connectivity index (χ3n) is 6.68. The maximum absolute atomic E-state index is 5.03. The monoisotopic (exact) mass is 459 g/mol. The van der Waals surface area contributed by atoms with Crippen molar-refractivity contribution in [2.24, 2.45) is 0 Å². The lowest BCUT2D eigenvalue weighted by atomic mass is 10.00. The Morgan fingerprint density at radius 2 is 1.68 bits per heavy atom. The number of benzene rings is 1. The molecule has 0 atom stereocenters. The first-order valence-electron chi connectivity index (χ1n) is 13.6. The van der Waals surface area contributed by atoms with Gasteiger partial charge in [-0.1, -0.05) is 93.5 Å². The Balaban J connectivity index is 1.53. The molecule has 1 fully saturated rings. The van der Waals surface area contributed by atoms with Crippen LogP contribution in [0.25, 0.3) is 5.57 Å². The van der Waals surface area contributed by atoms with Crippen molar-refractivity contribution in [3.8, 4) is 0 Å². The van der Waals surface area contributed by atoms with E-state index in [1.807, 2.05) is 0 Å². The largest absolute Gasteiger partial charge is 0.391 e. The smallest absolute Gasteiger partial charge is 0.0708 e. The van der Waals surface area contributed by atoms with Crippen molar-refractivity contribution in [2.45, 2.75) is 78.1 Å². The maximum Gasteiger partial charge on any atom is 0.0708 e. The van der Waals surface area contributed by atoms with Gasteiger partial charge < -0.3 is 5.32 Å². The molecule has 0 amide bonds. The maximum atomic E-state index is 5.03. The van der Waals surface area contributed by atoms with Gasteiger partial charge in [-0.05, 0) is 63.2 Å². The van der Waals surface area contributed by atoms with E-state index in [-0.39, 0.29) is 0 Å². The highest BCUT2D eigenvalue weighted by Crippen LogP contribution is 2.23. The van der Waals surface area contributed by atoms with Crippen LogP contribution in [0.2, 0.25) is 0 Å². The summed E-state index contributed by atoms with van der Waals surface area (Å²) >= 11 is 0. The van der Waals surface area contributed by atoms with Gasteiger partial charge in [0.25, 0.3) is 0 Å². The lowest BCUT2D eigenvalue weighted by Gasteiger charge is -2.14. The highest BCUT2D eigenvalue weighted by molar-refractivity contribution is 5.78. The van der Waals surface area contributed by atoms with Gasteiger partial charge in [0, 0.05) is 30.8 Å². The molecule has 0 saturated carbocycles. The lowest BCUT2D eigenvalue weighted by Crippen LogP contribution is -2.19. The number of hydrogen-bond acceptors (Lipinski definition) is 3. The van der Waals surface area contributed by atoms with Gasteiger partial charge in [0.2, 0.25) is 0 Å². The van der Waals surface area contributed by atoms with Crippen LogP contribution < -0.4 is 5.32 Å². The van der Waals surface area contributed by atoms with Gasteiger partial charge in [0.15, 0.2) is 0 Å². The number of rotatable bonds is 15. The van der Waals surface area contributed by atoms with Crippen molar-refractivity contribution in [1.82, 2.24) is 15.2 Å². The first kappa shape index (κ1) is 26.2. The zero-order valence-corrected chi connectivity index (χ0v) is 21.6. The third-order valence-corrected chi connectivity index (χ3v) is 6.68. The van der Waals surface area contributed by atoms with E-state index in [0.29, 0.717) is 0 Å². The van der Waals surface area contributed by atoms with E-state index >= 15 is 0 Å². The van der Waals surface area contributed by atoms with Gasteiger partial charge in [-0.2, -0.15) is 0 Å². The van der Waals surface area contributed by atoms with E-state index < -0.39 is 0 Å². The van der Waals surface area contributed by atoms with E-state index in [9.17, 15) is 0 Å². The summed E-state index contributed by atoms with van der Waals surface area (Å²) in [6.07, 6.45) is 19.6. The summed E-state index contributed by atoms with van der Waals surface area (Å²) in [4.78, 5) is 7.57. The number of allylic oxidation sites excluding steroid dienone is 1. The highest BCUT2D eigenvalue weighted by Gasteiger charge is 2.12. The predicted octanol–water partition coefficient (Wildman–Crippen LogP) is 7.31. The SMILES string of the molecule is CCCCCCCCCNC=CCc1cccc(C(=CCN2CCCC2)c2ccc(C)cc2)n1. The molecule has 184 valence electrons. The second-order valence-corrected chi connectivity index (χ2v) is 9.69. The molecule has 34 heavy (non-hydrogen) atoms. The van der Waals surface area contributed by atoms with Crippen LogP contribution in [-0.4, -0.2) is 36.1 Å². The Kier molecular flexibility index (Phi) is 12.0. The number of hydrogen-bond donors (Lipinski definition) is 1. The van der Waals surface area contributed by atoms with Gasteiger partial charge in [0.05, 0.1) is 5.69 Å². The Labute approximate surface area is 208 Å². The predicted molar refractivity (Wildman–Crippen MR) is 147 cm³/mol. The molecule has 0 radical (unpaired) electrons. The molecule has 0 aliphatic carbocycles.